The summed E-state index contributed by atoms with van der Waals surface area (Å²) in [5.41, 5.74) is 5.18. The Morgan fingerprint density at radius 3 is 2.13 bits per heavy atom. The van der Waals surface area contributed by atoms with Crippen LogP contribution < -0.4 is 40.6 Å². The van der Waals surface area contributed by atoms with E-state index in [1.807, 2.05) is 0 Å². The van der Waals surface area contributed by atoms with Crippen LogP contribution in [0.25, 0.3) is 0 Å². The molecule has 1 rings (SSSR count). The molecule has 0 saturated carbocycles. The summed E-state index contributed by atoms with van der Waals surface area (Å²) in [6, 6.07) is 4.19. The van der Waals surface area contributed by atoms with Crippen molar-refractivity contribution in [2.24, 2.45) is 5.73 Å². The fourth-order valence-electron chi connectivity index (χ4n) is 0.852. The zero-order valence-electron chi connectivity index (χ0n) is 8.97. The van der Waals surface area contributed by atoms with E-state index in [1.54, 1.807) is 0 Å². The molecule has 0 radical (unpaired) electrons. The summed E-state index contributed by atoms with van der Waals surface area (Å²) in [6.45, 7) is 0. The number of hydrogen-bond acceptors (Lipinski definition) is 3. The Labute approximate surface area is 110 Å². The van der Waals surface area contributed by atoms with Crippen LogP contribution in [0.15, 0.2) is 29.2 Å². The molecule has 0 saturated heterocycles. The molecule has 8 heteroatoms. The maximum Gasteiger partial charge on any atom is 1.00 e. The van der Waals surface area contributed by atoms with Crippen LogP contribution in [0.5, 0.6) is 0 Å². The molecule has 78 valence electrons. The van der Waals surface area contributed by atoms with E-state index in [2.05, 4.69) is 5.32 Å². The van der Waals surface area contributed by atoms with Crippen molar-refractivity contribution in [1.29, 1.82) is 0 Å². The largest absolute Gasteiger partial charge is 1.00 e. The third-order valence-electron chi connectivity index (χ3n) is 1.42. The monoisotopic (exact) mass is 240 g/mol. The van der Waals surface area contributed by atoms with Crippen LogP contribution in [0.1, 0.15) is 1.43 Å². The average Bonchev–Trinajstić information content (AvgIpc) is 2.02. The number of urea groups is 1. The normalized spacial score (nSPS) is 10.2. The number of primary amides is 1. The Hall–Kier alpha value is -0.600. The third kappa shape index (κ3) is 4.63. The van der Waals surface area contributed by atoms with Crippen molar-refractivity contribution in [2.75, 3.05) is 5.32 Å². The molecule has 6 nitrogen and oxygen atoms in total. The van der Waals surface area contributed by atoms with Crippen LogP contribution in [0.3, 0.4) is 0 Å². The van der Waals surface area contributed by atoms with Gasteiger partial charge in [-0.3, -0.25) is 4.55 Å². The second-order valence-corrected chi connectivity index (χ2v) is 3.91. The van der Waals surface area contributed by atoms with E-state index in [0.29, 0.717) is 5.69 Å². The molecule has 0 aliphatic carbocycles. The second-order valence-electron chi connectivity index (χ2n) is 2.49. The van der Waals surface area contributed by atoms with Crippen LogP contribution in [0, 0.1) is 0 Å². The minimum atomic E-state index is -4.19. The van der Waals surface area contributed by atoms with Gasteiger partial charge < -0.3 is 12.5 Å². The van der Waals surface area contributed by atoms with Crippen molar-refractivity contribution in [2.45, 2.75) is 4.90 Å². The predicted octanol–water partition coefficient (Wildman–Crippen LogP) is -2.46. The summed E-state index contributed by atoms with van der Waals surface area (Å²) in [6.07, 6.45) is 0. The van der Waals surface area contributed by atoms with Gasteiger partial charge in [0.05, 0.1) is 4.90 Å². The predicted molar refractivity (Wildman–Crippen MR) is 50.6 cm³/mol. The first-order valence-electron chi connectivity index (χ1n) is 3.53. The number of hydrogen-bond donors (Lipinski definition) is 3. The molecule has 1 aromatic carbocycles. The number of carbonyl (C=O) groups is 1. The quantitative estimate of drug-likeness (QED) is 0.393. The van der Waals surface area contributed by atoms with Gasteiger partial charge in [-0.05, 0) is 24.3 Å². The van der Waals surface area contributed by atoms with Gasteiger partial charge in [-0.15, -0.1) is 0 Å². The Balaban J connectivity index is 0. The molecular formula is C7H9N2NaO4S. The van der Waals surface area contributed by atoms with E-state index in [9.17, 15) is 13.2 Å². The van der Waals surface area contributed by atoms with Crippen LogP contribution in [-0.2, 0) is 10.1 Å². The van der Waals surface area contributed by atoms with Gasteiger partial charge in [0.1, 0.15) is 0 Å². The SMILES string of the molecule is NC(=O)Nc1ccc(S(=O)(=O)O)cc1.[H-].[Na+]. The smallest absolute Gasteiger partial charge is 1.00 e. The van der Waals surface area contributed by atoms with Gasteiger partial charge in [-0.25, -0.2) is 4.79 Å². The van der Waals surface area contributed by atoms with Gasteiger partial charge in [0.15, 0.2) is 0 Å². The average molecular weight is 240 g/mol. The zero-order chi connectivity index (χ0) is 10.8. The van der Waals surface area contributed by atoms with Crippen molar-refractivity contribution in [1.82, 2.24) is 0 Å². The molecule has 2 amide bonds. The minimum absolute atomic E-state index is 0. The van der Waals surface area contributed by atoms with Gasteiger partial charge in [0.2, 0.25) is 0 Å². The molecule has 0 unspecified atom stereocenters. The van der Waals surface area contributed by atoms with Gasteiger partial charge in [0, 0.05) is 5.69 Å². The molecule has 0 aromatic heterocycles. The molecule has 1 aromatic rings. The molecule has 0 fully saturated rings. The third-order valence-corrected chi connectivity index (χ3v) is 2.29. The minimum Gasteiger partial charge on any atom is -1.00 e. The standard InChI is InChI=1S/C7H8N2O4S.Na.H/c8-7(10)9-5-1-3-6(4-2-5)14(11,12)13;;/h1-4H,(H3,8,9,10)(H,11,12,13);;/q;+1;-1. The summed E-state index contributed by atoms with van der Waals surface area (Å²) in [5, 5.41) is 2.25. The van der Waals surface area contributed by atoms with Crippen LogP contribution in [0.2, 0.25) is 0 Å². The molecule has 0 heterocycles. The summed E-state index contributed by atoms with van der Waals surface area (Å²) in [7, 11) is -4.19. The first-order valence-corrected chi connectivity index (χ1v) is 4.97. The van der Waals surface area contributed by atoms with E-state index >= 15 is 0 Å². The fraction of sp³-hybridized carbons (Fsp3) is 0. The molecule has 0 aliphatic rings. The molecule has 0 atom stereocenters. The van der Waals surface area contributed by atoms with E-state index in [1.165, 1.54) is 12.1 Å². The van der Waals surface area contributed by atoms with Crippen molar-refractivity contribution in [3.8, 4) is 0 Å². The topological polar surface area (TPSA) is 109 Å². The van der Waals surface area contributed by atoms with Gasteiger partial charge in [0.25, 0.3) is 10.1 Å². The van der Waals surface area contributed by atoms with Crippen molar-refractivity contribution < 1.29 is 48.7 Å². The molecule has 0 aliphatic heterocycles. The van der Waals surface area contributed by atoms with E-state index in [-0.39, 0.29) is 35.9 Å². The summed E-state index contributed by atoms with van der Waals surface area (Å²) in [4.78, 5) is 10.2. The maximum absolute atomic E-state index is 10.6. The van der Waals surface area contributed by atoms with E-state index in [4.69, 9.17) is 10.3 Å². The van der Waals surface area contributed by atoms with Crippen molar-refractivity contribution >= 4 is 21.8 Å². The number of anilines is 1. The Morgan fingerprint density at radius 2 is 1.80 bits per heavy atom. The summed E-state index contributed by atoms with van der Waals surface area (Å²) < 4.78 is 29.8. The van der Waals surface area contributed by atoms with Gasteiger partial charge in [-0.1, -0.05) is 0 Å². The molecular weight excluding hydrogens is 231 g/mol. The van der Waals surface area contributed by atoms with Crippen LogP contribution in [-0.4, -0.2) is 19.0 Å². The number of benzene rings is 1. The number of nitrogens with two attached hydrogens (primary N) is 1. The Bertz CT molecular complexity index is 448. The molecule has 15 heavy (non-hydrogen) atoms. The number of carbonyl (C=O) groups excluding carboxylic acids is 1. The molecule has 4 N–H and O–H groups in total. The Morgan fingerprint density at radius 1 is 1.33 bits per heavy atom. The fourth-order valence-corrected chi connectivity index (χ4v) is 1.33. The van der Waals surface area contributed by atoms with Gasteiger partial charge in [-0.2, -0.15) is 8.42 Å². The first-order chi connectivity index (χ1) is 6.39. The number of rotatable bonds is 2. The van der Waals surface area contributed by atoms with Crippen molar-refractivity contribution in [3.63, 3.8) is 0 Å². The number of amides is 2. The van der Waals surface area contributed by atoms with Gasteiger partial charge >= 0.3 is 35.6 Å². The summed E-state index contributed by atoms with van der Waals surface area (Å²) in [5.74, 6) is 0. The van der Waals surface area contributed by atoms with Crippen molar-refractivity contribution in [3.05, 3.63) is 24.3 Å². The Kier molecular flexibility index (Phi) is 5.26. The molecule has 0 spiro atoms. The summed E-state index contributed by atoms with van der Waals surface area (Å²) >= 11 is 0. The van der Waals surface area contributed by atoms with E-state index in [0.717, 1.165) is 12.1 Å². The molecule has 0 bridgehead atoms. The van der Waals surface area contributed by atoms with E-state index < -0.39 is 16.1 Å². The maximum atomic E-state index is 10.6. The van der Waals surface area contributed by atoms with Crippen LogP contribution >= 0.6 is 0 Å². The van der Waals surface area contributed by atoms with Crippen LogP contribution in [0.4, 0.5) is 10.5 Å². The second kappa shape index (κ2) is 5.47. The number of nitrogens with one attached hydrogen (secondary N) is 1. The first kappa shape index (κ1) is 14.4. The zero-order valence-corrected chi connectivity index (χ0v) is 10.8.